The molecule has 4 aromatic rings. The number of hydrogen-bond donors (Lipinski definition) is 0. The second kappa shape index (κ2) is 7.67. The number of anilines is 1. The summed E-state index contributed by atoms with van der Waals surface area (Å²) in [7, 11) is 0. The maximum Gasteiger partial charge on any atom is 0.283 e. The Labute approximate surface area is 171 Å². The summed E-state index contributed by atoms with van der Waals surface area (Å²) >= 11 is 1.42. The normalized spacial score (nSPS) is 14.8. The van der Waals surface area contributed by atoms with Gasteiger partial charge in [-0.2, -0.15) is 9.78 Å². The van der Waals surface area contributed by atoms with E-state index < -0.39 is 0 Å². The summed E-state index contributed by atoms with van der Waals surface area (Å²) in [6.45, 7) is 2.24. The zero-order valence-electron chi connectivity index (χ0n) is 15.8. The third-order valence-corrected chi connectivity index (χ3v) is 6.10. The lowest BCUT2D eigenvalue weighted by molar-refractivity contribution is 0.578. The number of hydrogen-bond acceptors (Lipinski definition) is 6. The molecule has 0 amide bonds. The van der Waals surface area contributed by atoms with Crippen LogP contribution in [0.1, 0.15) is 24.8 Å². The first kappa shape index (κ1) is 17.9. The molecular weight excluding hydrogens is 384 g/mol. The molecule has 0 atom stereocenters. The molecular formula is C22H20N4O2S. The van der Waals surface area contributed by atoms with Crippen LogP contribution in [0.5, 0.6) is 0 Å². The Balaban J connectivity index is 1.42. The van der Waals surface area contributed by atoms with Crippen molar-refractivity contribution >= 4 is 33.5 Å². The van der Waals surface area contributed by atoms with Crippen molar-refractivity contribution in [1.82, 2.24) is 9.66 Å². The number of furan rings is 1. The molecule has 0 spiro atoms. The lowest BCUT2D eigenvalue weighted by Gasteiger charge is -2.28. The first-order valence-electron chi connectivity index (χ1n) is 9.72. The maximum absolute atomic E-state index is 13.0. The number of piperidine rings is 1. The quantitative estimate of drug-likeness (QED) is 0.467. The van der Waals surface area contributed by atoms with Gasteiger partial charge in [-0.3, -0.25) is 4.79 Å². The third-order valence-electron chi connectivity index (χ3n) is 5.21. The molecule has 0 N–H and O–H groups in total. The number of aromatic nitrogens is 2. The lowest BCUT2D eigenvalue weighted by Crippen LogP contribution is -2.29. The van der Waals surface area contributed by atoms with E-state index in [4.69, 9.17) is 4.42 Å². The standard InChI is InChI=1S/C22H20N4O2S/c27-22-20-18(19-5-4-12-28-19)14-29-21(20)23-15-26(22)24-13-16-6-8-17(9-7-16)25-10-2-1-3-11-25/h4-9,12-15H,1-3,10-11H2/b24-13-. The molecule has 0 bridgehead atoms. The van der Waals surface area contributed by atoms with Gasteiger partial charge < -0.3 is 9.32 Å². The minimum atomic E-state index is -0.205. The highest BCUT2D eigenvalue weighted by Crippen LogP contribution is 2.30. The van der Waals surface area contributed by atoms with Crippen LogP contribution in [0.25, 0.3) is 21.5 Å². The van der Waals surface area contributed by atoms with E-state index in [9.17, 15) is 4.79 Å². The molecule has 0 unspecified atom stereocenters. The van der Waals surface area contributed by atoms with Crippen molar-refractivity contribution in [1.29, 1.82) is 0 Å². The van der Waals surface area contributed by atoms with E-state index in [0.717, 1.165) is 24.2 Å². The van der Waals surface area contributed by atoms with Crippen LogP contribution in [0.4, 0.5) is 5.69 Å². The number of benzene rings is 1. The van der Waals surface area contributed by atoms with E-state index in [-0.39, 0.29) is 5.56 Å². The predicted octanol–water partition coefficient (Wildman–Crippen LogP) is 4.59. The summed E-state index contributed by atoms with van der Waals surface area (Å²) < 4.78 is 6.74. The Bertz CT molecular complexity index is 1200. The monoisotopic (exact) mass is 404 g/mol. The molecule has 146 valence electrons. The summed E-state index contributed by atoms with van der Waals surface area (Å²) in [5.41, 5.74) is 2.73. The Morgan fingerprint density at radius 2 is 1.93 bits per heavy atom. The molecule has 1 fully saturated rings. The molecule has 6 nitrogen and oxygen atoms in total. The number of thiophene rings is 1. The maximum atomic E-state index is 13.0. The van der Waals surface area contributed by atoms with Crippen LogP contribution < -0.4 is 10.5 Å². The van der Waals surface area contributed by atoms with E-state index in [0.29, 0.717) is 16.0 Å². The second-order valence-corrected chi connectivity index (χ2v) is 7.94. The first-order valence-corrected chi connectivity index (χ1v) is 10.6. The van der Waals surface area contributed by atoms with Crippen molar-refractivity contribution in [2.45, 2.75) is 19.3 Å². The first-order chi connectivity index (χ1) is 14.3. The summed E-state index contributed by atoms with van der Waals surface area (Å²) in [5, 5.41) is 6.77. The fraction of sp³-hybridized carbons (Fsp3) is 0.227. The molecule has 1 aliphatic heterocycles. The largest absolute Gasteiger partial charge is 0.464 e. The van der Waals surface area contributed by atoms with Gasteiger partial charge in [0.15, 0.2) is 0 Å². The molecule has 1 aromatic carbocycles. The molecule has 1 saturated heterocycles. The van der Waals surface area contributed by atoms with Gasteiger partial charge in [0, 0.05) is 29.7 Å². The van der Waals surface area contributed by atoms with Crippen LogP contribution in [0.3, 0.4) is 0 Å². The number of fused-ring (bicyclic) bond motifs is 1. The van der Waals surface area contributed by atoms with E-state index in [1.807, 2.05) is 23.6 Å². The van der Waals surface area contributed by atoms with Gasteiger partial charge in [0.25, 0.3) is 5.56 Å². The molecule has 29 heavy (non-hydrogen) atoms. The summed E-state index contributed by atoms with van der Waals surface area (Å²) in [6, 6.07) is 11.9. The fourth-order valence-electron chi connectivity index (χ4n) is 3.67. The van der Waals surface area contributed by atoms with Gasteiger partial charge >= 0.3 is 0 Å². The SMILES string of the molecule is O=c1c2c(-c3ccco3)csc2ncn1/N=C\c1ccc(N2CCCCC2)cc1. The summed E-state index contributed by atoms with van der Waals surface area (Å²) in [5.74, 6) is 0.658. The van der Waals surface area contributed by atoms with Crippen molar-refractivity contribution in [2.75, 3.05) is 18.0 Å². The molecule has 0 radical (unpaired) electrons. The van der Waals surface area contributed by atoms with Crippen LogP contribution in [0.15, 0.2) is 68.7 Å². The van der Waals surface area contributed by atoms with Gasteiger partial charge in [-0.15, -0.1) is 11.3 Å². The van der Waals surface area contributed by atoms with Crippen LogP contribution in [0, 0.1) is 0 Å². The second-order valence-electron chi connectivity index (χ2n) is 7.08. The predicted molar refractivity (Wildman–Crippen MR) is 117 cm³/mol. The molecule has 0 aliphatic carbocycles. The molecule has 1 aliphatic rings. The van der Waals surface area contributed by atoms with E-state index in [2.05, 4.69) is 27.1 Å². The smallest absolute Gasteiger partial charge is 0.283 e. The Morgan fingerprint density at radius 1 is 1.10 bits per heavy atom. The summed E-state index contributed by atoms with van der Waals surface area (Å²) in [6.07, 6.45) is 8.58. The van der Waals surface area contributed by atoms with E-state index >= 15 is 0 Å². The highest BCUT2D eigenvalue weighted by Gasteiger charge is 2.15. The van der Waals surface area contributed by atoms with Crippen LogP contribution >= 0.6 is 11.3 Å². The van der Waals surface area contributed by atoms with Gasteiger partial charge in [-0.1, -0.05) is 12.1 Å². The zero-order chi connectivity index (χ0) is 19.6. The molecule has 5 rings (SSSR count). The number of nitrogens with zero attached hydrogens (tertiary/aromatic N) is 4. The minimum absolute atomic E-state index is 0.205. The van der Waals surface area contributed by atoms with Crippen LogP contribution in [-0.4, -0.2) is 29.0 Å². The summed E-state index contributed by atoms with van der Waals surface area (Å²) in [4.78, 5) is 20.4. The molecule has 7 heteroatoms. The van der Waals surface area contributed by atoms with Gasteiger partial charge in [0.1, 0.15) is 16.9 Å². The lowest BCUT2D eigenvalue weighted by atomic mass is 10.1. The average molecular weight is 404 g/mol. The van der Waals surface area contributed by atoms with Gasteiger partial charge in [0.05, 0.1) is 17.9 Å². The highest BCUT2D eigenvalue weighted by atomic mass is 32.1. The zero-order valence-corrected chi connectivity index (χ0v) is 16.6. The Morgan fingerprint density at radius 3 is 2.69 bits per heavy atom. The minimum Gasteiger partial charge on any atom is -0.464 e. The van der Waals surface area contributed by atoms with Gasteiger partial charge in [-0.25, -0.2) is 4.98 Å². The third kappa shape index (κ3) is 3.49. The van der Waals surface area contributed by atoms with Crippen molar-refractivity contribution in [3.63, 3.8) is 0 Å². The van der Waals surface area contributed by atoms with E-state index in [1.54, 1.807) is 18.5 Å². The van der Waals surface area contributed by atoms with E-state index in [1.165, 1.54) is 47.3 Å². The Kier molecular flexibility index (Phi) is 4.73. The van der Waals surface area contributed by atoms with Crippen molar-refractivity contribution in [3.05, 3.63) is 70.3 Å². The molecule has 4 heterocycles. The average Bonchev–Trinajstić information content (AvgIpc) is 3.44. The van der Waals surface area contributed by atoms with Crippen LogP contribution in [0.2, 0.25) is 0 Å². The van der Waals surface area contributed by atoms with Crippen molar-refractivity contribution < 1.29 is 4.42 Å². The molecule has 0 saturated carbocycles. The highest BCUT2D eigenvalue weighted by molar-refractivity contribution is 7.17. The molecule has 3 aromatic heterocycles. The van der Waals surface area contributed by atoms with Gasteiger partial charge in [0.2, 0.25) is 0 Å². The number of rotatable bonds is 4. The van der Waals surface area contributed by atoms with Crippen molar-refractivity contribution in [2.24, 2.45) is 5.10 Å². The van der Waals surface area contributed by atoms with Crippen LogP contribution in [-0.2, 0) is 0 Å². The Hall–Kier alpha value is -3.19. The van der Waals surface area contributed by atoms with Gasteiger partial charge in [-0.05, 0) is 49.1 Å². The topological polar surface area (TPSA) is 63.6 Å². The fourth-order valence-corrected chi connectivity index (χ4v) is 4.56. The van der Waals surface area contributed by atoms with Crippen molar-refractivity contribution in [3.8, 4) is 11.3 Å².